The first-order valence-corrected chi connectivity index (χ1v) is 6.99. The smallest absolute Gasteiger partial charge is 0.164 e. The first-order chi connectivity index (χ1) is 9.61. The van der Waals surface area contributed by atoms with Gasteiger partial charge in [0, 0.05) is 12.1 Å². The van der Waals surface area contributed by atoms with Crippen molar-refractivity contribution >= 4 is 28.8 Å². The number of hydrogen-bond acceptors (Lipinski definition) is 4. The summed E-state index contributed by atoms with van der Waals surface area (Å²) in [5.41, 5.74) is 6.26. The van der Waals surface area contributed by atoms with Crippen molar-refractivity contribution in [2.45, 2.75) is 26.5 Å². The number of benzene rings is 1. The Balaban J connectivity index is 2.07. The largest absolute Gasteiger partial charge is 0.484 e. The number of thiocarbonyl (C=S) groups is 1. The predicted octanol–water partition coefficient (Wildman–Crippen LogP) is 2.55. The Hall–Kier alpha value is -1.66. The normalized spacial score (nSPS) is 10.5. The molecule has 1 aromatic carbocycles. The molecule has 2 N–H and O–H groups in total. The predicted molar refractivity (Wildman–Crippen MR) is 82.0 cm³/mol. The number of nitrogens with zero attached hydrogens (tertiary/aromatic N) is 3. The van der Waals surface area contributed by atoms with Crippen molar-refractivity contribution in [1.29, 1.82) is 0 Å². The van der Waals surface area contributed by atoms with Gasteiger partial charge in [-0.2, -0.15) is 5.10 Å². The van der Waals surface area contributed by atoms with Crippen molar-refractivity contribution in [1.82, 2.24) is 14.8 Å². The molecule has 0 amide bonds. The maximum atomic E-state index is 6.13. The molecule has 2 rings (SSSR count). The third kappa shape index (κ3) is 3.46. The van der Waals surface area contributed by atoms with Crippen molar-refractivity contribution in [2.24, 2.45) is 5.73 Å². The lowest BCUT2D eigenvalue weighted by atomic mass is 10.2. The number of halogens is 1. The molecule has 106 valence electrons. The first kappa shape index (κ1) is 14.7. The van der Waals surface area contributed by atoms with Gasteiger partial charge in [-0.05, 0) is 24.6 Å². The molecule has 1 aromatic heterocycles. The zero-order valence-corrected chi connectivity index (χ0v) is 12.6. The Morgan fingerprint density at radius 3 is 2.95 bits per heavy atom. The van der Waals surface area contributed by atoms with Gasteiger partial charge in [0.05, 0.1) is 5.02 Å². The Kier molecular flexibility index (Phi) is 4.92. The van der Waals surface area contributed by atoms with Crippen molar-refractivity contribution in [3.8, 4) is 5.75 Å². The zero-order chi connectivity index (χ0) is 14.5. The Labute approximate surface area is 127 Å². The summed E-state index contributed by atoms with van der Waals surface area (Å²) in [6.07, 6.45) is 2.51. The number of nitrogens with two attached hydrogens (primary N) is 1. The maximum absolute atomic E-state index is 6.13. The van der Waals surface area contributed by atoms with Crippen molar-refractivity contribution in [3.63, 3.8) is 0 Å². The molecule has 7 heteroatoms. The molecule has 0 spiro atoms. The second kappa shape index (κ2) is 6.67. The Morgan fingerprint density at radius 1 is 1.50 bits per heavy atom. The van der Waals surface area contributed by atoms with Gasteiger partial charge in [0.1, 0.15) is 23.7 Å². The van der Waals surface area contributed by atoms with E-state index in [9.17, 15) is 0 Å². The van der Waals surface area contributed by atoms with Gasteiger partial charge in [-0.1, -0.05) is 30.7 Å². The molecule has 0 saturated carbocycles. The van der Waals surface area contributed by atoms with E-state index in [2.05, 4.69) is 17.0 Å². The Bertz CT molecular complexity index is 614. The van der Waals surface area contributed by atoms with Crippen LogP contribution in [0.25, 0.3) is 0 Å². The molecule has 0 radical (unpaired) electrons. The quantitative estimate of drug-likeness (QED) is 0.831. The summed E-state index contributed by atoms with van der Waals surface area (Å²) in [6, 6.07) is 5.22. The molecule has 0 aliphatic rings. The van der Waals surface area contributed by atoms with Crippen LogP contribution < -0.4 is 10.5 Å². The monoisotopic (exact) mass is 310 g/mol. The van der Waals surface area contributed by atoms with Crippen LogP contribution in [0.3, 0.4) is 0 Å². The lowest BCUT2D eigenvalue weighted by Crippen LogP contribution is -2.10. The van der Waals surface area contributed by atoms with Gasteiger partial charge in [0.2, 0.25) is 0 Å². The molecule has 0 unspecified atom stereocenters. The van der Waals surface area contributed by atoms with Crippen molar-refractivity contribution < 1.29 is 4.74 Å². The summed E-state index contributed by atoms with van der Waals surface area (Å²) >= 11 is 11.0. The average molecular weight is 311 g/mol. The zero-order valence-electron chi connectivity index (χ0n) is 11.0. The third-order valence-corrected chi connectivity index (χ3v) is 3.24. The van der Waals surface area contributed by atoms with Gasteiger partial charge < -0.3 is 10.5 Å². The molecule has 0 aliphatic carbocycles. The number of aromatic nitrogens is 3. The van der Waals surface area contributed by atoms with Gasteiger partial charge in [-0.3, -0.25) is 0 Å². The number of rotatable bonds is 6. The lowest BCUT2D eigenvalue weighted by Gasteiger charge is -2.09. The molecule has 0 fully saturated rings. The molecule has 0 atom stereocenters. The minimum atomic E-state index is 0.307. The van der Waals surface area contributed by atoms with E-state index >= 15 is 0 Å². The fraction of sp³-hybridized carbons (Fsp3) is 0.308. The minimum Gasteiger partial charge on any atom is -0.484 e. The van der Waals surface area contributed by atoms with Gasteiger partial charge in [0.15, 0.2) is 5.82 Å². The van der Waals surface area contributed by atoms with E-state index in [1.807, 2.05) is 4.68 Å². The summed E-state index contributed by atoms with van der Waals surface area (Å²) in [6.45, 7) is 3.20. The summed E-state index contributed by atoms with van der Waals surface area (Å²) in [4.78, 5) is 4.47. The van der Waals surface area contributed by atoms with Gasteiger partial charge in [-0.25, -0.2) is 9.67 Å². The second-order valence-electron chi connectivity index (χ2n) is 4.20. The molecule has 0 bridgehead atoms. The van der Waals surface area contributed by atoms with E-state index in [4.69, 9.17) is 34.3 Å². The van der Waals surface area contributed by atoms with Crippen molar-refractivity contribution in [2.75, 3.05) is 0 Å². The van der Waals surface area contributed by atoms with Crippen LogP contribution in [0.1, 0.15) is 24.7 Å². The maximum Gasteiger partial charge on any atom is 0.164 e. The van der Waals surface area contributed by atoms with Crippen LogP contribution in [-0.4, -0.2) is 19.8 Å². The number of ether oxygens (including phenoxy) is 1. The molecule has 0 aliphatic heterocycles. The van der Waals surface area contributed by atoms with E-state index in [1.54, 1.807) is 18.2 Å². The van der Waals surface area contributed by atoms with E-state index < -0.39 is 0 Å². The van der Waals surface area contributed by atoms with Crippen LogP contribution in [0.15, 0.2) is 24.5 Å². The van der Waals surface area contributed by atoms with Crippen LogP contribution in [-0.2, 0) is 13.2 Å². The Morgan fingerprint density at radius 2 is 2.30 bits per heavy atom. The molecule has 0 saturated heterocycles. The second-order valence-corrected chi connectivity index (χ2v) is 5.04. The molecular weight excluding hydrogens is 296 g/mol. The average Bonchev–Trinajstić information content (AvgIpc) is 2.85. The van der Waals surface area contributed by atoms with E-state index in [0.29, 0.717) is 27.9 Å². The summed E-state index contributed by atoms with van der Waals surface area (Å²) in [5, 5.41) is 4.61. The van der Waals surface area contributed by atoms with Crippen molar-refractivity contribution in [3.05, 3.63) is 40.9 Å². The fourth-order valence-corrected chi connectivity index (χ4v) is 2.07. The standard InChI is InChI=1S/C13H15ClN4OS/c1-2-5-18-12(16-8-17-18)7-19-11-4-3-9(13(15)20)6-10(11)14/h3-4,6,8H,2,5,7H2,1H3,(H2,15,20). The van der Waals surface area contributed by atoms with E-state index in [-0.39, 0.29) is 0 Å². The first-order valence-electron chi connectivity index (χ1n) is 6.20. The molecule has 5 nitrogen and oxygen atoms in total. The van der Waals surface area contributed by atoms with Crippen LogP contribution in [0.2, 0.25) is 5.02 Å². The van der Waals surface area contributed by atoms with Crippen LogP contribution in [0.5, 0.6) is 5.75 Å². The van der Waals surface area contributed by atoms with E-state index in [0.717, 1.165) is 18.8 Å². The highest BCUT2D eigenvalue weighted by Gasteiger charge is 2.08. The summed E-state index contributed by atoms with van der Waals surface area (Å²) in [7, 11) is 0. The highest BCUT2D eigenvalue weighted by atomic mass is 35.5. The number of hydrogen-bond donors (Lipinski definition) is 1. The molecule has 2 aromatic rings. The van der Waals surface area contributed by atoms with Crippen LogP contribution in [0.4, 0.5) is 0 Å². The molecular formula is C13H15ClN4OS. The SMILES string of the molecule is CCCn1ncnc1COc1ccc(C(N)=S)cc1Cl. The fourth-order valence-electron chi connectivity index (χ4n) is 1.71. The topological polar surface area (TPSA) is 66.0 Å². The van der Waals surface area contributed by atoms with Crippen LogP contribution >= 0.6 is 23.8 Å². The summed E-state index contributed by atoms with van der Waals surface area (Å²) in [5.74, 6) is 1.33. The third-order valence-electron chi connectivity index (χ3n) is 2.70. The lowest BCUT2D eigenvalue weighted by molar-refractivity contribution is 0.286. The van der Waals surface area contributed by atoms with Gasteiger partial charge >= 0.3 is 0 Å². The van der Waals surface area contributed by atoms with Gasteiger partial charge in [-0.15, -0.1) is 0 Å². The minimum absolute atomic E-state index is 0.307. The molecule has 1 heterocycles. The number of aryl methyl sites for hydroxylation is 1. The van der Waals surface area contributed by atoms with E-state index in [1.165, 1.54) is 6.33 Å². The van der Waals surface area contributed by atoms with Crippen LogP contribution in [0, 0.1) is 0 Å². The highest BCUT2D eigenvalue weighted by Crippen LogP contribution is 2.26. The molecule has 20 heavy (non-hydrogen) atoms. The van der Waals surface area contributed by atoms with Gasteiger partial charge in [0.25, 0.3) is 0 Å². The highest BCUT2D eigenvalue weighted by molar-refractivity contribution is 7.80. The summed E-state index contributed by atoms with van der Waals surface area (Å²) < 4.78 is 7.48.